The minimum absolute atomic E-state index is 0.111. The Balaban J connectivity index is 2.27. The molecule has 0 aliphatic heterocycles. The van der Waals surface area contributed by atoms with Crippen LogP contribution in [-0.2, 0) is 0 Å². The average molecular weight is 263 g/mol. The van der Waals surface area contributed by atoms with Crippen molar-refractivity contribution in [1.29, 1.82) is 0 Å². The van der Waals surface area contributed by atoms with Gasteiger partial charge in [0, 0.05) is 6.04 Å². The molecule has 1 fully saturated rings. The molecule has 1 aromatic carbocycles. The fraction of sp³-hybridized carbons (Fsp3) is 0.625. The van der Waals surface area contributed by atoms with Crippen molar-refractivity contribution in [3.63, 3.8) is 0 Å². The summed E-state index contributed by atoms with van der Waals surface area (Å²) in [7, 11) is 3.33. The van der Waals surface area contributed by atoms with Crippen LogP contribution in [0.2, 0.25) is 0 Å². The van der Waals surface area contributed by atoms with Gasteiger partial charge in [0.05, 0.1) is 14.2 Å². The van der Waals surface area contributed by atoms with Crippen molar-refractivity contribution in [3.05, 3.63) is 23.3 Å². The number of hydrogen-bond acceptors (Lipinski definition) is 3. The van der Waals surface area contributed by atoms with Gasteiger partial charge >= 0.3 is 0 Å². The zero-order valence-corrected chi connectivity index (χ0v) is 12.2. The molecule has 0 radical (unpaired) electrons. The second-order valence-electron chi connectivity index (χ2n) is 5.49. The average Bonchev–Trinajstić information content (AvgIpc) is 2.47. The zero-order chi connectivity index (χ0) is 13.8. The summed E-state index contributed by atoms with van der Waals surface area (Å²) in [5, 5.41) is 0. The first kappa shape index (κ1) is 14.2. The number of hydrogen-bond donors (Lipinski definition) is 1. The number of benzene rings is 1. The summed E-state index contributed by atoms with van der Waals surface area (Å²) in [5.74, 6) is 2.15. The highest BCUT2D eigenvalue weighted by molar-refractivity contribution is 5.48. The Bertz CT molecular complexity index is 425. The molecule has 0 aromatic heterocycles. The molecule has 0 amide bonds. The quantitative estimate of drug-likeness (QED) is 0.902. The van der Waals surface area contributed by atoms with Crippen LogP contribution in [0.5, 0.6) is 11.5 Å². The molecule has 1 saturated carbocycles. The van der Waals surface area contributed by atoms with E-state index in [0.717, 1.165) is 11.5 Å². The number of aryl methyl sites for hydroxylation is 1. The van der Waals surface area contributed by atoms with Crippen LogP contribution in [0, 0.1) is 12.8 Å². The van der Waals surface area contributed by atoms with Crippen molar-refractivity contribution in [2.24, 2.45) is 11.7 Å². The lowest BCUT2D eigenvalue weighted by atomic mass is 9.80. The number of rotatable bonds is 4. The van der Waals surface area contributed by atoms with Crippen LogP contribution in [0.25, 0.3) is 0 Å². The van der Waals surface area contributed by atoms with Crippen LogP contribution in [0.1, 0.15) is 49.3 Å². The Hall–Kier alpha value is -1.22. The van der Waals surface area contributed by atoms with E-state index in [1.165, 1.54) is 43.2 Å². The standard InChI is InChI=1S/C16H25NO2/c1-11-9-14(18-2)15(19-3)10-13(11)16(17)12-7-5-4-6-8-12/h9-10,12,16H,4-8,17H2,1-3H3. The number of nitrogens with two attached hydrogens (primary N) is 1. The molecule has 1 aliphatic carbocycles. The molecular weight excluding hydrogens is 238 g/mol. The zero-order valence-electron chi connectivity index (χ0n) is 12.2. The molecule has 1 atom stereocenters. The summed E-state index contributed by atoms with van der Waals surface area (Å²) < 4.78 is 10.7. The van der Waals surface area contributed by atoms with Gasteiger partial charge in [-0.3, -0.25) is 0 Å². The molecule has 0 saturated heterocycles. The van der Waals surface area contributed by atoms with E-state index in [1.54, 1.807) is 14.2 Å². The SMILES string of the molecule is COc1cc(C)c(C(N)C2CCCCC2)cc1OC. The Morgan fingerprint density at radius 3 is 2.21 bits per heavy atom. The van der Waals surface area contributed by atoms with E-state index in [4.69, 9.17) is 15.2 Å². The fourth-order valence-electron chi connectivity index (χ4n) is 3.10. The minimum Gasteiger partial charge on any atom is -0.493 e. The van der Waals surface area contributed by atoms with Gasteiger partial charge in [-0.1, -0.05) is 19.3 Å². The summed E-state index contributed by atoms with van der Waals surface area (Å²) in [5.41, 5.74) is 8.88. The van der Waals surface area contributed by atoms with Gasteiger partial charge in [-0.2, -0.15) is 0 Å². The van der Waals surface area contributed by atoms with Crippen molar-refractivity contribution < 1.29 is 9.47 Å². The van der Waals surface area contributed by atoms with E-state index in [2.05, 4.69) is 6.92 Å². The van der Waals surface area contributed by atoms with Crippen molar-refractivity contribution in [3.8, 4) is 11.5 Å². The van der Waals surface area contributed by atoms with Crippen LogP contribution >= 0.6 is 0 Å². The van der Waals surface area contributed by atoms with Gasteiger partial charge in [0.15, 0.2) is 11.5 Å². The van der Waals surface area contributed by atoms with E-state index in [1.807, 2.05) is 12.1 Å². The second-order valence-corrected chi connectivity index (χ2v) is 5.49. The lowest BCUT2D eigenvalue weighted by Crippen LogP contribution is -2.24. The van der Waals surface area contributed by atoms with Gasteiger partial charge in [0.2, 0.25) is 0 Å². The summed E-state index contributed by atoms with van der Waals surface area (Å²) in [6.07, 6.45) is 6.47. The van der Waals surface area contributed by atoms with Crippen LogP contribution in [-0.4, -0.2) is 14.2 Å². The van der Waals surface area contributed by atoms with Gasteiger partial charge in [-0.05, 0) is 48.9 Å². The first-order valence-electron chi connectivity index (χ1n) is 7.15. The Kier molecular flexibility index (Phi) is 4.70. The maximum Gasteiger partial charge on any atom is 0.161 e. The summed E-state index contributed by atoms with van der Waals surface area (Å²) in [6.45, 7) is 2.10. The molecule has 2 rings (SSSR count). The van der Waals surface area contributed by atoms with Gasteiger partial charge in [0.25, 0.3) is 0 Å². The first-order valence-corrected chi connectivity index (χ1v) is 7.15. The van der Waals surface area contributed by atoms with Crippen LogP contribution in [0.15, 0.2) is 12.1 Å². The van der Waals surface area contributed by atoms with Gasteiger partial charge < -0.3 is 15.2 Å². The van der Waals surface area contributed by atoms with E-state index >= 15 is 0 Å². The van der Waals surface area contributed by atoms with E-state index in [-0.39, 0.29) is 6.04 Å². The van der Waals surface area contributed by atoms with E-state index in [0.29, 0.717) is 5.92 Å². The third kappa shape index (κ3) is 3.03. The molecule has 1 aromatic rings. The molecule has 1 unspecified atom stereocenters. The maximum atomic E-state index is 6.49. The molecule has 1 aliphatic rings. The summed E-state index contributed by atoms with van der Waals surface area (Å²) in [4.78, 5) is 0. The van der Waals surface area contributed by atoms with E-state index < -0.39 is 0 Å². The first-order chi connectivity index (χ1) is 9.17. The van der Waals surface area contributed by atoms with Gasteiger partial charge in [-0.15, -0.1) is 0 Å². The van der Waals surface area contributed by atoms with Crippen molar-refractivity contribution in [2.45, 2.75) is 45.1 Å². The maximum absolute atomic E-state index is 6.49. The largest absolute Gasteiger partial charge is 0.493 e. The predicted molar refractivity (Wildman–Crippen MR) is 77.8 cm³/mol. The monoisotopic (exact) mass is 263 g/mol. The third-order valence-electron chi connectivity index (χ3n) is 4.29. The Morgan fingerprint density at radius 2 is 1.63 bits per heavy atom. The van der Waals surface area contributed by atoms with Crippen LogP contribution in [0.4, 0.5) is 0 Å². The molecule has 0 heterocycles. The highest BCUT2D eigenvalue weighted by Crippen LogP contribution is 2.38. The van der Waals surface area contributed by atoms with E-state index in [9.17, 15) is 0 Å². The lowest BCUT2D eigenvalue weighted by molar-refractivity contribution is 0.306. The predicted octanol–water partition coefficient (Wildman–Crippen LogP) is 3.59. The molecule has 2 N–H and O–H groups in total. The lowest BCUT2D eigenvalue weighted by Gasteiger charge is -2.29. The molecule has 3 heteroatoms. The Morgan fingerprint density at radius 1 is 1.05 bits per heavy atom. The number of methoxy groups -OCH3 is 2. The van der Waals surface area contributed by atoms with Crippen LogP contribution in [0.3, 0.4) is 0 Å². The summed E-state index contributed by atoms with van der Waals surface area (Å²) in [6, 6.07) is 4.18. The topological polar surface area (TPSA) is 44.5 Å². The smallest absolute Gasteiger partial charge is 0.161 e. The summed E-state index contributed by atoms with van der Waals surface area (Å²) >= 11 is 0. The molecule has 3 nitrogen and oxygen atoms in total. The van der Waals surface area contributed by atoms with Crippen molar-refractivity contribution in [2.75, 3.05) is 14.2 Å². The molecule has 19 heavy (non-hydrogen) atoms. The highest BCUT2D eigenvalue weighted by atomic mass is 16.5. The van der Waals surface area contributed by atoms with Gasteiger partial charge in [-0.25, -0.2) is 0 Å². The third-order valence-corrected chi connectivity index (χ3v) is 4.29. The highest BCUT2D eigenvalue weighted by Gasteiger charge is 2.24. The van der Waals surface area contributed by atoms with Crippen molar-refractivity contribution in [1.82, 2.24) is 0 Å². The van der Waals surface area contributed by atoms with Crippen molar-refractivity contribution >= 4 is 0 Å². The normalized spacial score (nSPS) is 18.1. The van der Waals surface area contributed by atoms with Crippen LogP contribution < -0.4 is 15.2 Å². The molecular formula is C16H25NO2. The fourth-order valence-corrected chi connectivity index (χ4v) is 3.10. The second kappa shape index (κ2) is 6.29. The van der Waals surface area contributed by atoms with Gasteiger partial charge in [0.1, 0.15) is 0 Å². The molecule has 0 spiro atoms. The Labute approximate surface area is 116 Å². The molecule has 106 valence electrons. The molecule has 0 bridgehead atoms. The number of ether oxygens (including phenoxy) is 2. The minimum atomic E-state index is 0.111.